The van der Waals surface area contributed by atoms with Crippen molar-refractivity contribution in [2.24, 2.45) is 0 Å². The Bertz CT molecular complexity index is 739. The van der Waals surface area contributed by atoms with Crippen LogP contribution in [0.4, 0.5) is 0 Å². The summed E-state index contributed by atoms with van der Waals surface area (Å²) < 4.78 is 11.7. The fourth-order valence-electron chi connectivity index (χ4n) is 3.10. The van der Waals surface area contributed by atoms with Gasteiger partial charge in [0.1, 0.15) is 5.75 Å². The molecule has 1 N–H and O–H groups in total. The molecular formula is C21H25ClN2O3. The maximum absolute atomic E-state index is 12.8. The summed E-state index contributed by atoms with van der Waals surface area (Å²) in [7, 11) is 2.05. The van der Waals surface area contributed by atoms with Crippen LogP contribution in [0.1, 0.15) is 18.5 Å². The minimum absolute atomic E-state index is 0.141. The van der Waals surface area contributed by atoms with Crippen molar-refractivity contribution in [3.8, 4) is 5.75 Å². The third kappa shape index (κ3) is 5.45. The molecule has 0 unspecified atom stereocenters. The standard InChI is InChI=1S/C21H25ClN2O3/c1-15(27-18-6-4-3-5-7-18)21(25)23-20(16-8-10-17(22)11-9-16)19-14-24(2)12-13-26-19/h3-11,15,19-20H,12-14H2,1-2H3,(H,23,25)/t15-,19+,20-/m0/s1. The topological polar surface area (TPSA) is 50.8 Å². The van der Waals surface area contributed by atoms with E-state index in [1.54, 1.807) is 6.92 Å². The number of halogens is 1. The second-order valence-electron chi connectivity index (χ2n) is 6.78. The van der Waals surface area contributed by atoms with E-state index in [1.807, 2.05) is 54.6 Å². The van der Waals surface area contributed by atoms with Crippen LogP contribution in [-0.2, 0) is 9.53 Å². The number of morpholine rings is 1. The lowest BCUT2D eigenvalue weighted by Gasteiger charge is -2.36. The van der Waals surface area contributed by atoms with Gasteiger partial charge in [0, 0.05) is 18.1 Å². The summed E-state index contributed by atoms with van der Waals surface area (Å²) in [6, 6.07) is 16.6. The number of hydrogen-bond donors (Lipinski definition) is 1. The molecule has 0 bridgehead atoms. The Hall–Kier alpha value is -2.08. The van der Waals surface area contributed by atoms with Crippen molar-refractivity contribution in [2.75, 3.05) is 26.7 Å². The number of likely N-dealkylation sites (N-methyl/N-ethyl adjacent to an activating group) is 1. The predicted octanol–water partition coefficient (Wildman–Crippen LogP) is 3.30. The third-order valence-corrected chi connectivity index (χ3v) is 4.87. The first kappa shape index (κ1) is 19.7. The normalized spacial score (nSPS) is 19.9. The summed E-state index contributed by atoms with van der Waals surface area (Å²) in [6.07, 6.45) is -0.763. The molecule has 0 aliphatic carbocycles. The van der Waals surface area contributed by atoms with Gasteiger partial charge in [-0.3, -0.25) is 4.79 Å². The maximum atomic E-state index is 12.8. The minimum atomic E-state index is -0.622. The Labute approximate surface area is 165 Å². The highest BCUT2D eigenvalue weighted by Gasteiger charge is 2.31. The van der Waals surface area contributed by atoms with E-state index in [9.17, 15) is 4.79 Å². The first-order chi connectivity index (χ1) is 13.0. The third-order valence-electron chi connectivity index (χ3n) is 4.62. The molecule has 6 heteroatoms. The summed E-state index contributed by atoms with van der Waals surface area (Å²) in [5, 5.41) is 3.76. The van der Waals surface area contributed by atoms with E-state index in [1.165, 1.54) is 0 Å². The first-order valence-corrected chi connectivity index (χ1v) is 9.48. The van der Waals surface area contributed by atoms with E-state index in [0.717, 1.165) is 18.7 Å². The molecule has 1 heterocycles. The highest BCUT2D eigenvalue weighted by atomic mass is 35.5. The van der Waals surface area contributed by atoms with E-state index in [0.29, 0.717) is 17.4 Å². The molecule has 1 saturated heterocycles. The maximum Gasteiger partial charge on any atom is 0.261 e. The molecule has 1 aliphatic heterocycles. The van der Waals surface area contributed by atoms with E-state index < -0.39 is 6.10 Å². The van der Waals surface area contributed by atoms with E-state index >= 15 is 0 Å². The molecule has 3 rings (SSSR count). The average Bonchev–Trinajstić information content (AvgIpc) is 2.67. The smallest absolute Gasteiger partial charge is 0.261 e. The number of amides is 1. The van der Waals surface area contributed by atoms with Crippen LogP contribution in [0, 0.1) is 0 Å². The molecule has 5 nitrogen and oxygen atoms in total. The van der Waals surface area contributed by atoms with Crippen molar-refractivity contribution < 1.29 is 14.3 Å². The number of para-hydroxylation sites is 1. The highest BCUT2D eigenvalue weighted by Crippen LogP contribution is 2.24. The first-order valence-electron chi connectivity index (χ1n) is 9.10. The van der Waals surface area contributed by atoms with Crippen molar-refractivity contribution >= 4 is 17.5 Å². The largest absolute Gasteiger partial charge is 0.481 e. The minimum Gasteiger partial charge on any atom is -0.481 e. The Kier molecular flexibility index (Phi) is 6.72. The van der Waals surface area contributed by atoms with Crippen LogP contribution in [0.3, 0.4) is 0 Å². The molecule has 144 valence electrons. The monoisotopic (exact) mass is 388 g/mol. The average molecular weight is 389 g/mol. The van der Waals surface area contributed by atoms with Gasteiger partial charge in [0.25, 0.3) is 5.91 Å². The lowest BCUT2D eigenvalue weighted by Crippen LogP contribution is -2.49. The number of hydrogen-bond acceptors (Lipinski definition) is 4. The molecular weight excluding hydrogens is 364 g/mol. The van der Waals surface area contributed by atoms with Crippen molar-refractivity contribution in [1.82, 2.24) is 10.2 Å². The van der Waals surface area contributed by atoms with Gasteiger partial charge in [-0.05, 0) is 43.8 Å². The second kappa shape index (κ2) is 9.22. The van der Waals surface area contributed by atoms with Gasteiger partial charge in [-0.15, -0.1) is 0 Å². The van der Waals surface area contributed by atoms with Crippen LogP contribution in [-0.4, -0.2) is 49.8 Å². The van der Waals surface area contributed by atoms with Crippen LogP contribution < -0.4 is 10.1 Å². The number of rotatable bonds is 6. The molecule has 0 aromatic heterocycles. The fraction of sp³-hybridized carbons (Fsp3) is 0.381. The molecule has 27 heavy (non-hydrogen) atoms. The zero-order chi connectivity index (χ0) is 19.2. The van der Waals surface area contributed by atoms with Gasteiger partial charge in [0.2, 0.25) is 0 Å². The molecule has 1 fully saturated rings. The second-order valence-corrected chi connectivity index (χ2v) is 7.22. The van der Waals surface area contributed by atoms with Crippen molar-refractivity contribution in [3.63, 3.8) is 0 Å². The predicted molar refractivity (Wildman–Crippen MR) is 106 cm³/mol. The number of nitrogens with zero attached hydrogens (tertiary/aromatic N) is 1. The van der Waals surface area contributed by atoms with Gasteiger partial charge in [-0.2, -0.15) is 0 Å². The number of nitrogens with one attached hydrogen (secondary N) is 1. The summed E-state index contributed by atoms with van der Waals surface area (Å²) in [5.41, 5.74) is 0.958. The van der Waals surface area contributed by atoms with Gasteiger partial charge < -0.3 is 19.7 Å². The molecule has 0 saturated carbocycles. The SMILES string of the molecule is C[C@H](Oc1ccccc1)C(=O)N[C@@H](c1ccc(Cl)cc1)[C@H]1CN(C)CCO1. The molecule has 0 spiro atoms. The summed E-state index contributed by atoms with van der Waals surface area (Å²) in [5.74, 6) is 0.479. The lowest BCUT2D eigenvalue weighted by atomic mass is 9.99. The molecule has 2 aromatic carbocycles. The van der Waals surface area contributed by atoms with Gasteiger partial charge in [-0.25, -0.2) is 0 Å². The van der Waals surface area contributed by atoms with Gasteiger partial charge in [0.15, 0.2) is 6.10 Å². The molecule has 3 atom stereocenters. The van der Waals surface area contributed by atoms with Crippen LogP contribution >= 0.6 is 11.6 Å². The zero-order valence-corrected chi connectivity index (χ0v) is 16.4. The van der Waals surface area contributed by atoms with Crippen LogP contribution in [0.5, 0.6) is 5.75 Å². The molecule has 0 radical (unpaired) electrons. The number of benzene rings is 2. The quantitative estimate of drug-likeness (QED) is 0.825. The molecule has 1 aliphatic rings. The van der Waals surface area contributed by atoms with E-state index in [-0.39, 0.29) is 18.1 Å². The van der Waals surface area contributed by atoms with E-state index in [4.69, 9.17) is 21.1 Å². The fourth-order valence-corrected chi connectivity index (χ4v) is 3.23. The zero-order valence-electron chi connectivity index (χ0n) is 15.6. The summed E-state index contributed by atoms with van der Waals surface area (Å²) in [6.45, 7) is 4.00. The highest BCUT2D eigenvalue weighted by molar-refractivity contribution is 6.30. The molecule has 1 amide bonds. The molecule has 2 aromatic rings. The summed E-state index contributed by atoms with van der Waals surface area (Å²) in [4.78, 5) is 15.0. The Balaban J connectivity index is 1.73. The van der Waals surface area contributed by atoms with Crippen molar-refractivity contribution in [3.05, 3.63) is 65.2 Å². The van der Waals surface area contributed by atoms with Crippen LogP contribution in [0.25, 0.3) is 0 Å². The number of ether oxygens (including phenoxy) is 2. The Morgan fingerprint density at radius 1 is 1.22 bits per heavy atom. The van der Waals surface area contributed by atoms with Gasteiger partial charge >= 0.3 is 0 Å². The Morgan fingerprint density at radius 3 is 2.59 bits per heavy atom. The van der Waals surface area contributed by atoms with Gasteiger partial charge in [-0.1, -0.05) is 41.9 Å². The number of carbonyl (C=O) groups excluding carboxylic acids is 1. The van der Waals surface area contributed by atoms with Gasteiger partial charge in [0.05, 0.1) is 18.8 Å². The van der Waals surface area contributed by atoms with Crippen molar-refractivity contribution in [1.29, 1.82) is 0 Å². The van der Waals surface area contributed by atoms with Crippen LogP contribution in [0.15, 0.2) is 54.6 Å². The number of carbonyl (C=O) groups is 1. The van der Waals surface area contributed by atoms with E-state index in [2.05, 4.69) is 17.3 Å². The van der Waals surface area contributed by atoms with Crippen molar-refractivity contribution in [2.45, 2.75) is 25.2 Å². The Morgan fingerprint density at radius 2 is 1.93 bits per heavy atom. The summed E-state index contributed by atoms with van der Waals surface area (Å²) >= 11 is 6.02. The van der Waals surface area contributed by atoms with Crippen LogP contribution in [0.2, 0.25) is 5.02 Å². The lowest BCUT2D eigenvalue weighted by molar-refractivity contribution is -0.130.